The Labute approximate surface area is 110 Å². The van der Waals surface area contributed by atoms with Crippen molar-refractivity contribution < 1.29 is 4.39 Å². The standard InChI is InChI=1S/C13H13ClFN3/c1-2-3-12-17-11(14)8-13(18-12)16-10-6-4-9(15)5-7-10/h4-8H,2-3H2,1H3,(H,16,17,18). The Balaban J connectivity index is 2.20. The third-order valence-corrected chi connectivity index (χ3v) is 2.53. The fraction of sp³-hybridized carbons (Fsp3) is 0.231. The molecule has 0 aliphatic carbocycles. The van der Waals surface area contributed by atoms with Gasteiger partial charge in [-0.1, -0.05) is 18.5 Å². The van der Waals surface area contributed by atoms with Gasteiger partial charge in [0.05, 0.1) is 0 Å². The van der Waals surface area contributed by atoms with Crippen molar-refractivity contribution in [3.8, 4) is 0 Å². The van der Waals surface area contributed by atoms with Crippen molar-refractivity contribution >= 4 is 23.1 Å². The van der Waals surface area contributed by atoms with Gasteiger partial charge in [0, 0.05) is 18.2 Å². The molecule has 18 heavy (non-hydrogen) atoms. The lowest BCUT2D eigenvalue weighted by Gasteiger charge is -2.07. The van der Waals surface area contributed by atoms with Gasteiger partial charge in [-0.3, -0.25) is 0 Å². The van der Waals surface area contributed by atoms with Crippen molar-refractivity contribution in [1.29, 1.82) is 0 Å². The monoisotopic (exact) mass is 265 g/mol. The number of halogens is 2. The third kappa shape index (κ3) is 3.40. The Hall–Kier alpha value is -1.68. The van der Waals surface area contributed by atoms with Crippen molar-refractivity contribution in [3.05, 3.63) is 47.1 Å². The van der Waals surface area contributed by atoms with E-state index >= 15 is 0 Å². The average molecular weight is 266 g/mol. The number of aromatic nitrogens is 2. The molecule has 0 bridgehead atoms. The van der Waals surface area contributed by atoms with E-state index in [2.05, 4.69) is 22.2 Å². The first-order chi connectivity index (χ1) is 8.67. The largest absolute Gasteiger partial charge is 0.340 e. The van der Waals surface area contributed by atoms with Crippen LogP contribution in [0.15, 0.2) is 30.3 Å². The van der Waals surface area contributed by atoms with Gasteiger partial charge >= 0.3 is 0 Å². The Bertz CT molecular complexity index is 528. The zero-order valence-electron chi connectivity index (χ0n) is 9.95. The number of hydrogen-bond acceptors (Lipinski definition) is 3. The molecule has 1 aromatic heterocycles. The van der Waals surface area contributed by atoms with E-state index < -0.39 is 0 Å². The van der Waals surface area contributed by atoms with Crippen LogP contribution in [-0.2, 0) is 6.42 Å². The summed E-state index contributed by atoms with van der Waals surface area (Å²) in [6.07, 6.45) is 1.73. The van der Waals surface area contributed by atoms with E-state index in [4.69, 9.17) is 11.6 Å². The van der Waals surface area contributed by atoms with Gasteiger partial charge in [0.2, 0.25) is 0 Å². The molecule has 0 radical (unpaired) electrons. The van der Waals surface area contributed by atoms with Crippen LogP contribution in [0.2, 0.25) is 5.15 Å². The van der Waals surface area contributed by atoms with Gasteiger partial charge in [-0.05, 0) is 30.7 Å². The average Bonchev–Trinajstić information content (AvgIpc) is 2.32. The van der Waals surface area contributed by atoms with Gasteiger partial charge in [0.15, 0.2) is 0 Å². The number of benzene rings is 1. The molecule has 1 aromatic carbocycles. The Morgan fingerprint density at radius 1 is 1.22 bits per heavy atom. The molecule has 0 fully saturated rings. The van der Waals surface area contributed by atoms with Crippen LogP contribution in [0.5, 0.6) is 0 Å². The number of nitrogens with zero attached hydrogens (tertiary/aromatic N) is 2. The molecule has 0 atom stereocenters. The SMILES string of the molecule is CCCc1nc(Cl)cc(Nc2ccc(F)cc2)n1. The predicted molar refractivity (Wildman–Crippen MR) is 70.7 cm³/mol. The molecule has 1 heterocycles. The molecular weight excluding hydrogens is 253 g/mol. The van der Waals surface area contributed by atoms with Crippen LogP contribution in [0.25, 0.3) is 0 Å². The van der Waals surface area contributed by atoms with E-state index in [9.17, 15) is 4.39 Å². The summed E-state index contributed by atoms with van der Waals surface area (Å²) in [5, 5.41) is 3.47. The second-order valence-electron chi connectivity index (χ2n) is 3.87. The molecule has 3 nitrogen and oxygen atoms in total. The van der Waals surface area contributed by atoms with Gasteiger partial charge in [-0.25, -0.2) is 14.4 Å². The van der Waals surface area contributed by atoms with Crippen LogP contribution in [0.1, 0.15) is 19.2 Å². The summed E-state index contributed by atoms with van der Waals surface area (Å²) in [6, 6.07) is 7.70. The van der Waals surface area contributed by atoms with Gasteiger partial charge in [0.1, 0.15) is 22.6 Å². The van der Waals surface area contributed by atoms with E-state index in [1.54, 1.807) is 18.2 Å². The van der Waals surface area contributed by atoms with Gasteiger partial charge in [0.25, 0.3) is 0 Å². The van der Waals surface area contributed by atoms with E-state index in [1.807, 2.05) is 0 Å². The second-order valence-corrected chi connectivity index (χ2v) is 4.26. The van der Waals surface area contributed by atoms with Crippen LogP contribution in [-0.4, -0.2) is 9.97 Å². The molecule has 94 valence electrons. The fourth-order valence-electron chi connectivity index (χ4n) is 1.55. The zero-order valence-corrected chi connectivity index (χ0v) is 10.7. The lowest BCUT2D eigenvalue weighted by Crippen LogP contribution is -2.00. The van der Waals surface area contributed by atoms with Crippen LogP contribution >= 0.6 is 11.6 Å². The maximum Gasteiger partial charge on any atom is 0.135 e. The van der Waals surface area contributed by atoms with Crippen LogP contribution in [0.4, 0.5) is 15.9 Å². The highest BCUT2D eigenvalue weighted by molar-refractivity contribution is 6.29. The Morgan fingerprint density at radius 3 is 2.61 bits per heavy atom. The quantitative estimate of drug-likeness (QED) is 0.850. The smallest absolute Gasteiger partial charge is 0.135 e. The molecule has 5 heteroatoms. The molecule has 2 rings (SSSR count). The number of aryl methyl sites for hydroxylation is 1. The zero-order chi connectivity index (χ0) is 13.0. The normalized spacial score (nSPS) is 10.4. The number of hydrogen-bond donors (Lipinski definition) is 1. The summed E-state index contributed by atoms with van der Waals surface area (Å²) in [4.78, 5) is 8.47. The highest BCUT2D eigenvalue weighted by Crippen LogP contribution is 2.18. The topological polar surface area (TPSA) is 37.8 Å². The molecule has 0 aliphatic heterocycles. The van der Waals surface area contributed by atoms with Gasteiger partial charge in [-0.15, -0.1) is 0 Å². The van der Waals surface area contributed by atoms with Crippen LogP contribution in [0.3, 0.4) is 0 Å². The number of anilines is 2. The molecular formula is C13H13ClFN3. The number of nitrogens with one attached hydrogen (secondary N) is 1. The van der Waals surface area contributed by atoms with E-state index in [1.165, 1.54) is 12.1 Å². The van der Waals surface area contributed by atoms with Crippen LogP contribution < -0.4 is 5.32 Å². The minimum atomic E-state index is -0.270. The third-order valence-electron chi connectivity index (χ3n) is 2.33. The molecule has 1 N–H and O–H groups in total. The summed E-state index contributed by atoms with van der Waals surface area (Å²) < 4.78 is 12.8. The maximum absolute atomic E-state index is 12.8. The van der Waals surface area contributed by atoms with E-state index in [0.29, 0.717) is 16.8 Å². The molecule has 0 spiro atoms. The van der Waals surface area contributed by atoms with Crippen molar-refractivity contribution in [2.75, 3.05) is 5.32 Å². The summed E-state index contributed by atoms with van der Waals surface area (Å²) in [6.45, 7) is 2.05. The fourth-order valence-corrected chi connectivity index (χ4v) is 1.75. The lowest BCUT2D eigenvalue weighted by atomic mass is 10.3. The van der Waals surface area contributed by atoms with E-state index in [0.717, 1.165) is 18.5 Å². The van der Waals surface area contributed by atoms with Crippen molar-refractivity contribution in [3.63, 3.8) is 0 Å². The molecule has 0 unspecified atom stereocenters. The van der Waals surface area contributed by atoms with Crippen molar-refractivity contribution in [2.45, 2.75) is 19.8 Å². The molecule has 0 amide bonds. The van der Waals surface area contributed by atoms with Gasteiger partial charge in [-0.2, -0.15) is 0 Å². The highest BCUT2D eigenvalue weighted by Gasteiger charge is 2.03. The van der Waals surface area contributed by atoms with Crippen LogP contribution in [0, 0.1) is 5.82 Å². The summed E-state index contributed by atoms with van der Waals surface area (Å²) in [5.41, 5.74) is 0.758. The Morgan fingerprint density at radius 2 is 1.94 bits per heavy atom. The maximum atomic E-state index is 12.8. The molecule has 0 saturated heterocycles. The summed E-state index contributed by atoms with van der Waals surface area (Å²) in [5.74, 6) is 1.05. The minimum absolute atomic E-state index is 0.270. The van der Waals surface area contributed by atoms with E-state index in [-0.39, 0.29) is 5.82 Å². The first-order valence-corrected chi connectivity index (χ1v) is 6.11. The molecule has 0 aliphatic rings. The van der Waals surface area contributed by atoms with Crippen molar-refractivity contribution in [2.24, 2.45) is 0 Å². The first-order valence-electron chi connectivity index (χ1n) is 5.73. The van der Waals surface area contributed by atoms with Crippen molar-refractivity contribution in [1.82, 2.24) is 9.97 Å². The lowest BCUT2D eigenvalue weighted by molar-refractivity contribution is 0.628. The molecule has 0 saturated carbocycles. The summed E-state index contributed by atoms with van der Waals surface area (Å²) in [7, 11) is 0. The minimum Gasteiger partial charge on any atom is -0.340 e. The first kappa shape index (κ1) is 12.8. The highest BCUT2D eigenvalue weighted by atomic mass is 35.5. The Kier molecular flexibility index (Phi) is 4.10. The van der Waals surface area contributed by atoms with Gasteiger partial charge < -0.3 is 5.32 Å². The predicted octanol–water partition coefficient (Wildman–Crippen LogP) is 3.97. The summed E-state index contributed by atoms with van der Waals surface area (Å²) >= 11 is 5.93. The molecule has 2 aromatic rings. The number of rotatable bonds is 4. The second kappa shape index (κ2) is 5.78.